The SMILES string of the molecule is COc1ccc(CC(=O)O)cc1C(C)(C)CC(C)(C)C. The molecule has 0 saturated carbocycles. The number of benzene rings is 1. The van der Waals surface area contributed by atoms with Gasteiger partial charge in [-0.25, -0.2) is 0 Å². The molecule has 0 saturated heterocycles. The zero-order valence-electron chi connectivity index (χ0n) is 13.4. The second kappa shape index (κ2) is 5.86. The van der Waals surface area contributed by atoms with Gasteiger partial charge in [0.25, 0.3) is 0 Å². The summed E-state index contributed by atoms with van der Waals surface area (Å²) in [5.41, 5.74) is 2.01. The molecule has 0 aliphatic rings. The molecule has 0 spiro atoms. The molecule has 3 nitrogen and oxygen atoms in total. The number of rotatable bonds is 5. The van der Waals surface area contributed by atoms with Gasteiger partial charge in [-0.2, -0.15) is 0 Å². The van der Waals surface area contributed by atoms with Crippen LogP contribution in [0.3, 0.4) is 0 Å². The molecule has 0 heterocycles. The fourth-order valence-corrected chi connectivity index (χ4v) is 2.99. The van der Waals surface area contributed by atoms with E-state index < -0.39 is 5.97 Å². The number of carboxylic acids is 1. The Morgan fingerprint density at radius 1 is 1.20 bits per heavy atom. The van der Waals surface area contributed by atoms with Crippen molar-refractivity contribution in [3.63, 3.8) is 0 Å². The van der Waals surface area contributed by atoms with Gasteiger partial charge in [-0.05, 0) is 28.9 Å². The number of methoxy groups -OCH3 is 1. The van der Waals surface area contributed by atoms with Crippen LogP contribution in [0.1, 0.15) is 52.2 Å². The second-order valence-corrected chi connectivity index (χ2v) is 7.23. The van der Waals surface area contributed by atoms with Crippen molar-refractivity contribution in [2.45, 2.75) is 52.9 Å². The Labute approximate surface area is 122 Å². The first kappa shape index (κ1) is 16.5. The zero-order valence-corrected chi connectivity index (χ0v) is 13.4. The Kier molecular flexibility index (Phi) is 4.85. The van der Waals surface area contributed by atoms with Gasteiger partial charge in [0.1, 0.15) is 5.75 Å². The van der Waals surface area contributed by atoms with Crippen molar-refractivity contribution < 1.29 is 14.6 Å². The molecule has 0 bridgehead atoms. The van der Waals surface area contributed by atoms with E-state index in [4.69, 9.17) is 9.84 Å². The summed E-state index contributed by atoms with van der Waals surface area (Å²) < 4.78 is 5.46. The number of ether oxygens (including phenoxy) is 1. The van der Waals surface area contributed by atoms with Crippen molar-refractivity contribution in [3.8, 4) is 5.75 Å². The first-order valence-corrected chi connectivity index (χ1v) is 6.94. The summed E-state index contributed by atoms with van der Waals surface area (Å²) in [6.07, 6.45) is 1.04. The fourth-order valence-electron chi connectivity index (χ4n) is 2.99. The first-order valence-electron chi connectivity index (χ1n) is 6.94. The first-order chi connectivity index (χ1) is 9.05. The summed E-state index contributed by atoms with van der Waals surface area (Å²) in [5, 5.41) is 8.94. The van der Waals surface area contributed by atoms with Gasteiger partial charge in [-0.1, -0.05) is 46.8 Å². The van der Waals surface area contributed by atoms with Crippen LogP contribution in [-0.2, 0) is 16.6 Å². The average molecular weight is 278 g/mol. The van der Waals surface area contributed by atoms with Crippen LogP contribution in [0.15, 0.2) is 18.2 Å². The van der Waals surface area contributed by atoms with E-state index in [2.05, 4.69) is 34.6 Å². The average Bonchev–Trinajstić information content (AvgIpc) is 2.25. The van der Waals surface area contributed by atoms with Crippen LogP contribution in [0.25, 0.3) is 0 Å². The summed E-state index contributed by atoms with van der Waals surface area (Å²) in [4.78, 5) is 10.9. The highest BCUT2D eigenvalue weighted by Crippen LogP contribution is 2.40. The summed E-state index contributed by atoms with van der Waals surface area (Å²) in [7, 11) is 1.66. The largest absolute Gasteiger partial charge is 0.496 e. The highest BCUT2D eigenvalue weighted by atomic mass is 16.5. The van der Waals surface area contributed by atoms with Crippen LogP contribution >= 0.6 is 0 Å². The Bertz CT molecular complexity index is 481. The monoisotopic (exact) mass is 278 g/mol. The van der Waals surface area contributed by atoms with Crippen LogP contribution in [0.5, 0.6) is 5.75 Å². The second-order valence-electron chi connectivity index (χ2n) is 7.23. The summed E-state index contributed by atoms with van der Waals surface area (Å²) in [5.74, 6) is 0.0168. The summed E-state index contributed by atoms with van der Waals surface area (Å²) >= 11 is 0. The lowest BCUT2D eigenvalue weighted by Crippen LogP contribution is -2.25. The van der Waals surface area contributed by atoms with Crippen LogP contribution in [-0.4, -0.2) is 18.2 Å². The molecule has 0 aromatic heterocycles. The van der Waals surface area contributed by atoms with E-state index in [-0.39, 0.29) is 17.3 Å². The third-order valence-electron chi connectivity index (χ3n) is 3.32. The van der Waals surface area contributed by atoms with Crippen molar-refractivity contribution >= 4 is 5.97 Å². The van der Waals surface area contributed by atoms with E-state index in [0.717, 1.165) is 23.3 Å². The molecule has 1 N–H and O–H groups in total. The third kappa shape index (κ3) is 4.55. The Hall–Kier alpha value is -1.51. The minimum atomic E-state index is -0.810. The van der Waals surface area contributed by atoms with Crippen molar-refractivity contribution in [1.82, 2.24) is 0 Å². The molecule has 0 amide bonds. The Balaban J connectivity index is 3.21. The van der Waals surface area contributed by atoms with Crippen molar-refractivity contribution in [1.29, 1.82) is 0 Å². The quantitative estimate of drug-likeness (QED) is 0.884. The van der Waals surface area contributed by atoms with Crippen molar-refractivity contribution in [2.24, 2.45) is 5.41 Å². The van der Waals surface area contributed by atoms with Gasteiger partial charge in [-0.3, -0.25) is 4.79 Å². The normalized spacial score (nSPS) is 12.3. The number of carboxylic acid groups (broad SMARTS) is 1. The molecular weight excluding hydrogens is 252 g/mol. The Morgan fingerprint density at radius 3 is 2.25 bits per heavy atom. The van der Waals surface area contributed by atoms with Crippen molar-refractivity contribution in [2.75, 3.05) is 7.11 Å². The molecular formula is C17H26O3. The zero-order chi connectivity index (χ0) is 15.6. The molecule has 0 atom stereocenters. The predicted octanol–water partition coefficient (Wildman–Crippen LogP) is 4.04. The molecule has 0 fully saturated rings. The van der Waals surface area contributed by atoms with E-state index in [1.807, 2.05) is 18.2 Å². The highest BCUT2D eigenvalue weighted by molar-refractivity contribution is 5.70. The minimum Gasteiger partial charge on any atom is -0.496 e. The van der Waals surface area contributed by atoms with Gasteiger partial charge in [0.15, 0.2) is 0 Å². The van der Waals surface area contributed by atoms with E-state index in [0.29, 0.717) is 0 Å². The number of aliphatic carboxylic acids is 1. The lowest BCUT2D eigenvalue weighted by Gasteiger charge is -2.34. The van der Waals surface area contributed by atoms with Crippen LogP contribution in [0.2, 0.25) is 0 Å². The maximum atomic E-state index is 10.9. The lowest BCUT2D eigenvalue weighted by atomic mass is 9.71. The number of carbonyl (C=O) groups is 1. The van der Waals surface area contributed by atoms with Crippen molar-refractivity contribution in [3.05, 3.63) is 29.3 Å². The molecule has 0 aliphatic carbocycles. The van der Waals surface area contributed by atoms with E-state index in [1.54, 1.807) is 7.11 Å². The van der Waals surface area contributed by atoms with Crippen LogP contribution in [0.4, 0.5) is 0 Å². The predicted molar refractivity (Wildman–Crippen MR) is 81.4 cm³/mol. The Morgan fingerprint density at radius 2 is 1.80 bits per heavy atom. The molecule has 1 aromatic rings. The molecule has 0 aliphatic heterocycles. The van der Waals surface area contributed by atoms with E-state index >= 15 is 0 Å². The minimum absolute atomic E-state index is 0.0442. The molecule has 1 rings (SSSR count). The van der Waals surface area contributed by atoms with Crippen LogP contribution < -0.4 is 4.74 Å². The van der Waals surface area contributed by atoms with Gasteiger partial charge in [0.05, 0.1) is 13.5 Å². The molecule has 3 heteroatoms. The van der Waals surface area contributed by atoms with Gasteiger partial charge in [0.2, 0.25) is 0 Å². The van der Waals surface area contributed by atoms with E-state index in [1.165, 1.54) is 0 Å². The van der Waals surface area contributed by atoms with Gasteiger partial charge >= 0.3 is 5.97 Å². The molecule has 1 aromatic carbocycles. The molecule has 20 heavy (non-hydrogen) atoms. The lowest BCUT2D eigenvalue weighted by molar-refractivity contribution is -0.136. The van der Waals surface area contributed by atoms with Gasteiger partial charge in [-0.15, -0.1) is 0 Å². The maximum Gasteiger partial charge on any atom is 0.307 e. The molecule has 0 unspecified atom stereocenters. The molecule has 0 radical (unpaired) electrons. The van der Waals surface area contributed by atoms with Gasteiger partial charge < -0.3 is 9.84 Å². The number of hydrogen-bond acceptors (Lipinski definition) is 2. The fraction of sp³-hybridized carbons (Fsp3) is 0.588. The van der Waals surface area contributed by atoms with Crippen LogP contribution in [0, 0.1) is 5.41 Å². The smallest absolute Gasteiger partial charge is 0.307 e. The number of hydrogen-bond donors (Lipinski definition) is 1. The third-order valence-corrected chi connectivity index (χ3v) is 3.32. The van der Waals surface area contributed by atoms with E-state index in [9.17, 15) is 4.79 Å². The summed E-state index contributed by atoms with van der Waals surface area (Å²) in [6.45, 7) is 11.0. The highest BCUT2D eigenvalue weighted by Gasteiger charge is 2.30. The summed E-state index contributed by atoms with van der Waals surface area (Å²) in [6, 6.07) is 5.67. The standard InChI is InChI=1S/C17H26O3/c1-16(2,3)11-17(4,5)13-9-12(10-15(18)19)7-8-14(13)20-6/h7-9H,10-11H2,1-6H3,(H,18,19). The molecule has 112 valence electrons. The maximum absolute atomic E-state index is 10.9. The topological polar surface area (TPSA) is 46.5 Å². The van der Waals surface area contributed by atoms with Gasteiger partial charge in [0, 0.05) is 5.56 Å².